The molecule has 0 aromatic carbocycles. The number of carbonyl (C=O) groups is 2. The summed E-state index contributed by atoms with van der Waals surface area (Å²) >= 11 is 1.21. The monoisotopic (exact) mass is 349 g/mol. The van der Waals surface area contributed by atoms with Crippen molar-refractivity contribution in [3.8, 4) is 0 Å². The van der Waals surface area contributed by atoms with Gasteiger partial charge in [-0.3, -0.25) is 14.2 Å². The molecule has 2 aromatic heterocycles. The van der Waals surface area contributed by atoms with E-state index < -0.39 is 11.5 Å². The maximum Gasteiger partial charge on any atom is 0.339 e. The molecule has 0 bridgehead atoms. The third-order valence-corrected chi connectivity index (χ3v) is 4.98. The summed E-state index contributed by atoms with van der Waals surface area (Å²) in [6.07, 6.45) is 5.56. The first-order valence-electron chi connectivity index (χ1n) is 8.03. The van der Waals surface area contributed by atoms with Crippen molar-refractivity contribution in [1.29, 1.82) is 0 Å². The molecule has 0 spiro atoms. The number of hydrogen-bond acceptors (Lipinski definition) is 6. The van der Waals surface area contributed by atoms with Crippen molar-refractivity contribution < 1.29 is 14.3 Å². The maximum absolute atomic E-state index is 12.6. The van der Waals surface area contributed by atoms with Crippen molar-refractivity contribution in [1.82, 2.24) is 14.9 Å². The summed E-state index contributed by atoms with van der Waals surface area (Å²) in [5, 5.41) is 4.73. The summed E-state index contributed by atoms with van der Waals surface area (Å²) in [5.74, 6) is -0.756. The number of esters is 1. The lowest BCUT2D eigenvalue weighted by molar-refractivity contribution is -0.122. The highest BCUT2D eigenvalue weighted by atomic mass is 32.1. The Morgan fingerprint density at radius 2 is 2.17 bits per heavy atom. The quantitative estimate of drug-likeness (QED) is 0.830. The molecule has 0 atom stereocenters. The van der Waals surface area contributed by atoms with Gasteiger partial charge >= 0.3 is 5.97 Å². The first-order chi connectivity index (χ1) is 11.6. The van der Waals surface area contributed by atoms with E-state index in [-0.39, 0.29) is 36.1 Å². The van der Waals surface area contributed by atoms with Gasteiger partial charge < -0.3 is 10.1 Å². The van der Waals surface area contributed by atoms with Gasteiger partial charge in [0.25, 0.3) is 5.56 Å². The van der Waals surface area contributed by atoms with Gasteiger partial charge in [-0.1, -0.05) is 12.8 Å². The lowest BCUT2D eigenvalue weighted by Crippen LogP contribution is -2.37. The molecule has 1 saturated carbocycles. The molecule has 3 rings (SSSR count). The summed E-state index contributed by atoms with van der Waals surface area (Å²) in [7, 11) is 0. The van der Waals surface area contributed by atoms with Crippen LogP contribution in [0.1, 0.15) is 43.0 Å². The van der Waals surface area contributed by atoms with E-state index in [1.165, 1.54) is 22.2 Å². The number of ether oxygens (including phenoxy) is 1. The van der Waals surface area contributed by atoms with Crippen molar-refractivity contribution in [3.63, 3.8) is 0 Å². The summed E-state index contributed by atoms with van der Waals surface area (Å²) in [6.45, 7) is 1.83. The predicted octanol–water partition coefficient (Wildman–Crippen LogP) is 1.69. The standard InChI is InChI=1S/C16H19N3O4S/c1-2-23-16(22)11-8-24-14-13(11)15(21)19(9-17-14)7-12(20)18-10-5-3-4-6-10/h8-10H,2-7H2,1H3,(H,18,20). The minimum atomic E-state index is -0.546. The molecule has 1 amide bonds. The fourth-order valence-corrected chi connectivity index (χ4v) is 3.80. The van der Waals surface area contributed by atoms with E-state index in [9.17, 15) is 14.4 Å². The molecule has 1 N–H and O–H groups in total. The highest BCUT2D eigenvalue weighted by Crippen LogP contribution is 2.21. The smallest absolute Gasteiger partial charge is 0.339 e. The maximum atomic E-state index is 12.6. The Balaban J connectivity index is 1.84. The number of rotatable bonds is 5. The Kier molecular flexibility index (Phi) is 4.94. The molecule has 128 valence electrons. The largest absolute Gasteiger partial charge is 0.462 e. The molecule has 2 aromatic rings. The van der Waals surface area contributed by atoms with Crippen molar-refractivity contribution in [2.24, 2.45) is 0 Å². The predicted molar refractivity (Wildman–Crippen MR) is 90.2 cm³/mol. The Bertz CT molecular complexity index is 820. The zero-order chi connectivity index (χ0) is 17.1. The molecule has 2 heterocycles. The van der Waals surface area contributed by atoms with Crippen LogP contribution in [0.2, 0.25) is 0 Å². The number of carbonyl (C=O) groups excluding carboxylic acids is 2. The van der Waals surface area contributed by atoms with Gasteiger partial charge in [0.2, 0.25) is 5.91 Å². The van der Waals surface area contributed by atoms with Crippen LogP contribution >= 0.6 is 11.3 Å². The topological polar surface area (TPSA) is 90.3 Å². The number of fused-ring (bicyclic) bond motifs is 1. The van der Waals surface area contributed by atoms with Gasteiger partial charge in [0.1, 0.15) is 11.4 Å². The van der Waals surface area contributed by atoms with E-state index in [1.807, 2.05) is 0 Å². The van der Waals surface area contributed by atoms with Crippen molar-refractivity contribution in [3.05, 3.63) is 27.6 Å². The van der Waals surface area contributed by atoms with Crippen LogP contribution in [0.15, 0.2) is 16.5 Å². The number of nitrogens with zero attached hydrogens (tertiary/aromatic N) is 2. The molecule has 0 unspecified atom stereocenters. The molecule has 0 aliphatic heterocycles. The number of amides is 1. The summed E-state index contributed by atoms with van der Waals surface area (Å²) in [6, 6.07) is 0.195. The number of hydrogen-bond donors (Lipinski definition) is 1. The van der Waals surface area contributed by atoms with Gasteiger partial charge in [-0.25, -0.2) is 9.78 Å². The normalized spacial score (nSPS) is 14.9. The van der Waals surface area contributed by atoms with Crippen LogP contribution in [-0.2, 0) is 16.1 Å². The molecule has 1 fully saturated rings. The summed E-state index contributed by atoms with van der Waals surface area (Å²) in [5.41, 5.74) is -0.189. The molecule has 24 heavy (non-hydrogen) atoms. The average Bonchev–Trinajstić information content (AvgIpc) is 3.19. The van der Waals surface area contributed by atoms with Gasteiger partial charge in [-0.05, 0) is 19.8 Å². The zero-order valence-corrected chi connectivity index (χ0v) is 14.2. The van der Waals surface area contributed by atoms with Crippen LogP contribution in [0.3, 0.4) is 0 Å². The summed E-state index contributed by atoms with van der Waals surface area (Å²) < 4.78 is 6.21. The lowest BCUT2D eigenvalue weighted by Gasteiger charge is -2.12. The summed E-state index contributed by atoms with van der Waals surface area (Å²) in [4.78, 5) is 41.4. The van der Waals surface area contributed by atoms with E-state index in [0.717, 1.165) is 25.7 Å². The number of aromatic nitrogens is 2. The third kappa shape index (κ3) is 3.33. The second-order valence-electron chi connectivity index (χ2n) is 5.78. The highest BCUT2D eigenvalue weighted by molar-refractivity contribution is 7.17. The van der Waals surface area contributed by atoms with Crippen molar-refractivity contribution in [2.45, 2.75) is 45.2 Å². The molecule has 0 radical (unpaired) electrons. The first-order valence-corrected chi connectivity index (χ1v) is 8.91. The van der Waals surface area contributed by atoms with Crippen molar-refractivity contribution in [2.75, 3.05) is 6.61 Å². The Morgan fingerprint density at radius 1 is 1.42 bits per heavy atom. The fraction of sp³-hybridized carbons (Fsp3) is 0.500. The van der Waals surface area contributed by atoms with Crippen LogP contribution in [0, 0.1) is 0 Å². The first kappa shape index (κ1) is 16.6. The van der Waals surface area contributed by atoms with Crippen LogP contribution in [0.25, 0.3) is 10.2 Å². The average molecular weight is 349 g/mol. The molecular formula is C16H19N3O4S. The van der Waals surface area contributed by atoms with Gasteiger partial charge in [0, 0.05) is 11.4 Å². The molecule has 0 saturated heterocycles. The van der Waals surface area contributed by atoms with Gasteiger partial charge in [0.15, 0.2) is 0 Å². The molecule has 8 heteroatoms. The molecule has 1 aliphatic rings. The van der Waals surface area contributed by atoms with Crippen LogP contribution in [0.4, 0.5) is 0 Å². The van der Waals surface area contributed by atoms with Crippen LogP contribution in [-0.4, -0.2) is 34.1 Å². The van der Waals surface area contributed by atoms with Gasteiger partial charge in [-0.15, -0.1) is 11.3 Å². The van der Waals surface area contributed by atoms with Crippen molar-refractivity contribution >= 4 is 33.4 Å². The SMILES string of the molecule is CCOC(=O)c1csc2ncn(CC(=O)NC3CCCC3)c(=O)c12. The highest BCUT2D eigenvalue weighted by Gasteiger charge is 2.20. The van der Waals surface area contributed by atoms with Crippen LogP contribution < -0.4 is 10.9 Å². The van der Waals surface area contributed by atoms with E-state index in [4.69, 9.17) is 4.74 Å². The van der Waals surface area contributed by atoms with E-state index in [1.54, 1.807) is 12.3 Å². The van der Waals surface area contributed by atoms with Gasteiger partial charge in [0.05, 0.1) is 23.9 Å². The van der Waals surface area contributed by atoms with E-state index in [0.29, 0.717) is 4.83 Å². The fourth-order valence-electron chi connectivity index (χ4n) is 2.94. The molecular weight excluding hydrogens is 330 g/mol. The van der Waals surface area contributed by atoms with Crippen LogP contribution in [0.5, 0.6) is 0 Å². The Morgan fingerprint density at radius 3 is 2.88 bits per heavy atom. The lowest BCUT2D eigenvalue weighted by atomic mass is 10.2. The number of nitrogens with one attached hydrogen (secondary N) is 1. The second kappa shape index (κ2) is 7.12. The third-order valence-electron chi connectivity index (χ3n) is 4.09. The second-order valence-corrected chi connectivity index (χ2v) is 6.63. The minimum Gasteiger partial charge on any atom is -0.462 e. The molecule has 1 aliphatic carbocycles. The molecule has 7 nitrogen and oxygen atoms in total. The van der Waals surface area contributed by atoms with E-state index in [2.05, 4.69) is 10.3 Å². The Labute approximate surface area is 142 Å². The van der Waals surface area contributed by atoms with E-state index >= 15 is 0 Å². The zero-order valence-electron chi connectivity index (χ0n) is 13.4. The van der Waals surface area contributed by atoms with Gasteiger partial charge in [-0.2, -0.15) is 0 Å². The minimum absolute atomic E-state index is 0.101. The number of thiophene rings is 1. The Hall–Kier alpha value is -2.22.